The maximum Gasteiger partial charge on any atom is 0.259 e. The average Bonchev–Trinajstić information content (AvgIpc) is 2.68. The summed E-state index contributed by atoms with van der Waals surface area (Å²) in [7, 11) is 4.92. The predicted octanol–water partition coefficient (Wildman–Crippen LogP) is 2.92. The minimum atomic E-state index is -0.495. The molecule has 9 heteroatoms. The predicted molar refractivity (Wildman–Crippen MR) is 119 cm³/mol. The Morgan fingerprint density at radius 1 is 1.10 bits per heavy atom. The second-order valence-corrected chi connectivity index (χ2v) is 6.24. The van der Waals surface area contributed by atoms with Crippen molar-refractivity contribution in [2.24, 2.45) is 4.99 Å². The molecule has 29 heavy (non-hydrogen) atoms. The van der Waals surface area contributed by atoms with Gasteiger partial charge in [-0.1, -0.05) is 12.1 Å². The molecule has 6 nitrogen and oxygen atoms in total. The highest BCUT2D eigenvalue weighted by Crippen LogP contribution is 2.13. The fraction of sp³-hybridized carbons (Fsp3) is 0.300. The Hall–Kier alpha value is -2.43. The number of likely N-dealkylation sites (N-methyl/N-ethyl adjacent to an activating group) is 1. The Kier molecular flexibility index (Phi) is 10.4. The number of guanidine groups is 1. The molecule has 0 aliphatic rings. The van der Waals surface area contributed by atoms with Crippen molar-refractivity contribution in [2.45, 2.75) is 13.1 Å². The summed E-state index contributed by atoms with van der Waals surface area (Å²) in [4.78, 5) is 17.1. The Labute approximate surface area is 186 Å². The first-order valence-corrected chi connectivity index (χ1v) is 8.69. The maximum absolute atomic E-state index is 13.7. The molecule has 0 saturated heterocycles. The molecule has 0 spiro atoms. The Morgan fingerprint density at radius 3 is 2.52 bits per heavy atom. The number of hydrogen-bond acceptors (Lipinski definition) is 3. The van der Waals surface area contributed by atoms with Crippen molar-refractivity contribution >= 4 is 35.8 Å². The van der Waals surface area contributed by atoms with Gasteiger partial charge in [-0.3, -0.25) is 9.79 Å². The average molecular weight is 518 g/mol. The number of benzene rings is 2. The molecule has 2 rings (SSSR count). The van der Waals surface area contributed by atoms with E-state index in [2.05, 4.69) is 15.6 Å². The zero-order valence-electron chi connectivity index (χ0n) is 16.5. The van der Waals surface area contributed by atoms with E-state index in [1.165, 1.54) is 4.90 Å². The largest absolute Gasteiger partial charge is 0.484 e. The van der Waals surface area contributed by atoms with Gasteiger partial charge < -0.3 is 20.3 Å². The Morgan fingerprint density at radius 2 is 1.83 bits per heavy atom. The number of carbonyl (C=O) groups excluding carboxylic acids is 1. The van der Waals surface area contributed by atoms with E-state index >= 15 is 0 Å². The molecule has 2 aromatic rings. The molecule has 2 aromatic carbocycles. The Balaban J connectivity index is 0.00000420. The number of aliphatic imine (C=N–C) groups is 1. The van der Waals surface area contributed by atoms with Gasteiger partial charge in [0.25, 0.3) is 5.91 Å². The van der Waals surface area contributed by atoms with Crippen LogP contribution in [0.25, 0.3) is 0 Å². The molecule has 2 N–H and O–H groups in total. The quantitative estimate of drug-likeness (QED) is 0.336. The van der Waals surface area contributed by atoms with E-state index in [-0.39, 0.29) is 48.6 Å². The maximum atomic E-state index is 13.7. The number of nitrogens with one attached hydrogen (secondary N) is 2. The molecule has 0 fully saturated rings. The van der Waals surface area contributed by atoms with E-state index in [1.54, 1.807) is 27.2 Å². The van der Waals surface area contributed by atoms with Crippen molar-refractivity contribution in [1.82, 2.24) is 15.5 Å². The second-order valence-electron chi connectivity index (χ2n) is 6.24. The van der Waals surface area contributed by atoms with Crippen LogP contribution in [-0.2, 0) is 17.9 Å². The van der Waals surface area contributed by atoms with Crippen LogP contribution in [-0.4, -0.2) is 44.5 Å². The zero-order chi connectivity index (χ0) is 20.5. The normalized spacial score (nSPS) is 10.7. The number of amides is 1. The lowest BCUT2D eigenvalue weighted by Gasteiger charge is -2.14. The van der Waals surface area contributed by atoms with Crippen molar-refractivity contribution in [3.05, 3.63) is 65.2 Å². The fourth-order valence-corrected chi connectivity index (χ4v) is 2.28. The van der Waals surface area contributed by atoms with Gasteiger partial charge in [-0.2, -0.15) is 0 Å². The van der Waals surface area contributed by atoms with Crippen LogP contribution < -0.4 is 15.4 Å². The topological polar surface area (TPSA) is 66.0 Å². The molecule has 0 radical (unpaired) electrons. The van der Waals surface area contributed by atoms with Crippen molar-refractivity contribution in [2.75, 3.05) is 27.7 Å². The van der Waals surface area contributed by atoms with Gasteiger partial charge in [0.1, 0.15) is 17.4 Å². The second kappa shape index (κ2) is 12.2. The summed E-state index contributed by atoms with van der Waals surface area (Å²) in [5.74, 6) is -0.0815. The molecule has 0 bridgehead atoms. The molecule has 1 amide bonds. The molecule has 0 aliphatic carbocycles. The van der Waals surface area contributed by atoms with Gasteiger partial charge in [-0.05, 0) is 35.9 Å². The van der Waals surface area contributed by atoms with E-state index < -0.39 is 11.6 Å². The molecule has 0 atom stereocenters. The van der Waals surface area contributed by atoms with E-state index in [9.17, 15) is 13.6 Å². The van der Waals surface area contributed by atoms with Crippen LogP contribution in [0.15, 0.2) is 47.5 Å². The number of rotatable bonds is 7. The van der Waals surface area contributed by atoms with Gasteiger partial charge in [-0.25, -0.2) is 8.78 Å². The van der Waals surface area contributed by atoms with Crippen LogP contribution >= 0.6 is 24.0 Å². The van der Waals surface area contributed by atoms with Crippen molar-refractivity contribution in [3.63, 3.8) is 0 Å². The number of nitrogens with zero attached hydrogens (tertiary/aromatic N) is 2. The van der Waals surface area contributed by atoms with Gasteiger partial charge in [-0.15, -0.1) is 24.0 Å². The van der Waals surface area contributed by atoms with E-state index in [0.29, 0.717) is 18.3 Å². The van der Waals surface area contributed by atoms with E-state index in [4.69, 9.17) is 4.74 Å². The van der Waals surface area contributed by atoms with Gasteiger partial charge in [0.15, 0.2) is 12.6 Å². The molecule has 0 unspecified atom stereocenters. The molecule has 0 aliphatic heterocycles. The van der Waals surface area contributed by atoms with Gasteiger partial charge in [0, 0.05) is 39.8 Å². The third-order valence-electron chi connectivity index (χ3n) is 3.90. The van der Waals surface area contributed by atoms with E-state index in [1.807, 2.05) is 18.2 Å². The van der Waals surface area contributed by atoms with Crippen LogP contribution in [0.3, 0.4) is 0 Å². The van der Waals surface area contributed by atoms with Crippen LogP contribution in [0, 0.1) is 11.6 Å². The number of hydrogen-bond donors (Lipinski definition) is 2. The lowest BCUT2D eigenvalue weighted by atomic mass is 10.2. The zero-order valence-corrected chi connectivity index (χ0v) is 18.9. The molecular formula is C20H25F2IN4O2. The standard InChI is InChI=1S/C20H24F2N4O2.HI/c1-23-20(25-12-15-10-16(21)7-8-18(15)22)24-11-14-5-4-6-17(9-14)28-13-19(27)26(2)3;/h4-10H,11-13H2,1-3H3,(H2,23,24,25);1H. The number of ether oxygens (including phenoxy) is 1. The van der Waals surface area contributed by atoms with Crippen molar-refractivity contribution < 1.29 is 18.3 Å². The van der Waals surface area contributed by atoms with Crippen LogP contribution in [0.2, 0.25) is 0 Å². The highest BCUT2D eigenvalue weighted by atomic mass is 127. The summed E-state index contributed by atoms with van der Waals surface area (Å²) in [6.07, 6.45) is 0. The third-order valence-corrected chi connectivity index (χ3v) is 3.90. The summed E-state index contributed by atoms with van der Waals surface area (Å²) in [5, 5.41) is 6.03. The number of carbonyl (C=O) groups is 1. The summed E-state index contributed by atoms with van der Waals surface area (Å²) in [5.41, 5.74) is 1.12. The van der Waals surface area contributed by atoms with E-state index in [0.717, 1.165) is 23.8 Å². The summed E-state index contributed by atoms with van der Waals surface area (Å²) >= 11 is 0. The fourth-order valence-electron chi connectivity index (χ4n) is 2.28. The van der Waals surface area contributed by atoms with Crippen LogP contribution in [0.1, 0.15) is 11.1 Å². The van der Waals surface area contributed by atoms with Crippen molar-refractivity contribution in [3.8, 4) is 5.75 Å². The summed E-state index contributed by atoms with van der Waals surface area (Å²) in [6, 6.07) is 10.6. The Bertz CT molecular complexity index is 847. The molecule has 0 heterocycles. The molecule has 158 valence electrons. The first-order chi connectivity index (χ1) is 13.4. The SMILES string of the molecule is CN=C(NCc1cccc(OCC(=O)N(C)C)c1)NCc1cc(F)ccc1F.I. The highest BCUT2D eigenvalue weighted by molar-refractivity contribution is 14.0. The minimum absolute atomic E-state index is 0. The summed E-state index contributed by atoms with van der Waals surface area (Å²) < 4.78 is 32.4. The van der Waals surface area contributed by atoms with Crippen LogP contribution in [0.5, 0.6) is 5.75 Å². The first kappa shape index (κ1) is 24.6. The monoisotopic (exact) mass is 518 g/mol. The highest BCUT2D eigenvalue weighted by Gasteiger charge is 2.07. The van der Waals surface area contributed by atoms with Gasteiger partial charge >= 0.3 is 0 Å². The lowest BCUT2D eigenvalue weighted by Crippen LogP contribution is -2.36. The smallest absolute Gasteiger partial charge is 0.259 e. The van der Waals surface area contributed by atoms with Gasteiger partial charge in [0.05, 0.1) is 0 Å². The molecule has 0 saturated carbocycles. The lowest BCUT2D eigenvalue weighted by molar-refractivity contribution is -0.130. The third kappa shape index (κ3) is 8.22. The summed E-state index contributed by atoms with van der Waals surface area (Å²) in [6.45, 7) is 0.496. The molecular weight excluding hydrogens is 493 g/mol. The minimum Gasteiger partial charge on any atom is -0.484 e. The van der Waals surface area contributed by atoms with Gasteiger partial charge in [0.2, 0.25) is 0 Å². The van der Waals surface area contributed by atoms with Crippen molar-refractivity contribution in [1.29, 1.82) is 0 Å². The first-order valence-electron chi connectivity index (χ1n) is 8.69. The number of halogens is 3. The molecule has 0 aromatic heterocycles. The van der Waals surface area contributed by atoms with Crippen LogP contribution in [0.4, 0.5) is 8.78 Å².